The van der Waals surface area contributed by atoms with Gasteiger partial charge in [0.15, 0.2) is 10.7 Å². The molecule has 0 atom stereocenters. The Morgan fingerprint density at radius 1 is 1.15 bits per heavy atom. The molecule has 0 fully saturated rings. The number of thioether (sulfide) groups is 1. The Kier molecular flexibility index (Phi) is 5.56. The number of carbonyl (C=O) groups is 1. The second kappa shape index (κ2) is 8.24. The van der Waals surface area contributed by atoms with E-state index in [1.54, 1.807) is 0 Å². The summed E-state index contributed by atoms with van der Waals surface area (Å²) in [6.45, 7) is 0. The lowest BCUT2D eigenvalue weighted by Crippen LogP contribution is -2.11. The second-order valence-electron chi connectivity index (χ2n) is 5.64. The first kappa shape index (κ1) is 18.2. The van der Waals surface area contributed by atoms with E-state index in [0.29, 0.717) is 22.5 Å². The summed E-state index contributed by atoms with van der Waals surface area (Å²) in [5, 5.41) is 5.97. The lowest BCUT2D eigenvalue weighted by molar-refractivity contribution is -0.115. The minimum Gasteiger partial charge on any atom is -0.431 e. The van der Waals surface area contributed by atoms with Crippen molar-refractivity contribution in [2.75, 3.05) is 11.1 Å². The number of para-hydroxylation sites is 2. The van der Waals surface area contributed by atoms with E-state index in [2.05, 4.69) is 31.2 Å². The van der Waals surface area contributed by atoms with Crippen molar-refractivity contribution < 1.29 is 9.21 Å². The van der Waals surface area contributed by atoms with Gasteiger partial charge < -0.3 is 9.73 Å². The van der Waals surface area contributed by atoms with Gasteiger partial charge in [-0.15, -0.1) is 11.3 Å². The summed E-state index contributed by atoms with van der Waals surface area (Å²) in [5.74, 6) is 0.513. The number of carbonyl (C=O) groups excluding carboxylic acids is 1. The van der Waals surface area contributed by atoms with E-state index in [0.717, 1.165) is 26.8 Å². The number of amides is 1. The third kappa shape index (κ3) is 4.58. The third-order valence-electron chi connectivity index (χ3n) is 3.72. The molecule has 0 saturated carbocycles. The lowest BCUT2D eigenvalue weighted by atomic mass is 10.2. The van der Waals surface area contributed by atoms with Crippen LogP contribution in [0.1, 0.15) is 6.42 Å². The number of halogens is 1. The number of nitrogens with one attached hydrogen (secondary N) is 1. The van der Waals surface area contributed by atoms with E-state index in [-0.39, 0.29) is 5.91 Å². The van der Waals surface area contributed by atoms with E-state index < -0.39 is 0 Å². The predicted molar refractivity (Wildman–Crippen MR) is 113 cm³/mol. The van der Waals surface area contributed by atoms with Crippen LogP contribution in [0.3, 0.4) is 0 Å². The number of fused-ring (bicyclic) bond motifs is 1. The van der Waals surface area contributed by atoms with Crippen molar-refractivity contribution in [3.63, 3.8) is 0 Å². The Labute approximate surface area is 172 Å². The first-order chi connectivity index (χ1) is 13.2. The molecule has 2 aromatic heterocycles. The largest absolute Gasteiger partial charge is 0.431 e. The van der Waals surface area contributed by atoms with Gasteiger partial charge in [0.25, 0.3) is 5.22 Å². The predicted octanol–water partition coefficient (Wildman–Crippen LogP) is 5.83. The molecule has 1 amide bonds. The van der Waals surface area contributed by atoms with Crippen molar-refractivity contribution >= 4 is 61.2 Å². The zero-order valence-electron chi connectivity index (χ0n) is 14.0. The normalized spacial score (nSPS) is 11.0. The van der Waals surface area contributed by atoms with E-state index in [4.69, 9.17) is 4.42 Å². The molecule has 4 aromatic rings. The van der Waals surface area contributed by atoms with E-state index >= 15 is 0 Å². The highest BCUT2D eigenvalue weighted by Gasteiger charge is 2.10. The van der Waals surface area contributed by atoms with Crippen LogP contribution >= 0.6 is 39.0 Å². The van der Waals surface area contributed by atoms with Crippen molar-refractivity contribution in [2.45, 2.75) is 11.6 Å². The quantitative estimate of drug-likeness (QED) is 0.367. The number of thiazole rings is 1. The molecule has 0 unspecified atom stereocenters. The Hall–Kier alpha value is -2.16. The minimum atomic E-state index is -0.0738. The summed E-state index contributed by atoms with van der Waals surface area (Å²) in [7, 11) is 0. The highest BCUT2D eigenvalue weighted by atomic mass is 79.9. The number of anilines is 1. The summed E-state index contributed by atoms with van der Waals surface area (Å²) < 4.78 is 6.66. The molecule has 0 aliphatic heterocycles. The van der Waals surface area contributed by atoms with Gasteiger partial charge in [0.1, 0.15) is 5.52 Å². The van der Waals surface area contributed by atoms with Crippen molar-refractivity contribution in [3.05, 3.63) is 58.4 Å². The average Bonchev–Trinajstić information content (AvgIpc) is 3.29. The van der Waals surface area contributed by atoms with Crippen LogP contribution in [0, 0.1) is 0 Å². The van der Waals surface area contributed by atoms with Gasteiger partial charge in [0.2, 0.25) is 5.91 Å². The Morgan fingerprint density at radius 2 is 1.96 bits per heavy atom. The van der Waals surface area contributed by atoms with Crippen LogP contribution in [0.5, 0.6) is 0 Å². The molecule has 2 aromatic carbocycles. The zero-order chi connectivity index (χ0) is 18.6. The molecule has 0 spiro atoms. The zero-order valence-corrected chi connectivity index (χ0v) is 17.2. The second-order valence-corrected chi connectivity index (χ2v) is 8.46. The van der Waals surface area contributed by atoms with E-state index in [1.807, 2.05) is 53.9 Å². The Morgan fingerprint density at radius 3 is 2.78 bits per heavy atom. The monoisotopic (exact) mass is 459 g/mol. The van der Waals surface area contributed by atoms with Crippen LogP contribution in [-0.4, -0.2) is 21.6 Å². The van der Waals surface area contributed by atoms with E-state index in [9.17, 15) is 4.79 Å². The van der Waals surface area contributed by atoms with Gasteiger partial charge in [-0.25, -0.2) is 9.97 Å². The molecular formula is C19H14BrN3O2S2. The molecule has 0 aliphatic carbocycles. The van der Waals surface area contributed by atoms with Gasteiger partial charge >= 0.3 is 0 Å². The molecule has 136 valence electrons. The molecule has 8 heteroatoms. The summed E-state index contributed by atoms with van der Waals surface area (Å²) in [4.78, 5) is 21.0. The Bertz CT molecular complexity index is 1040. The van der Waals surface area contributed by atoms with Gasteiger partial charge in [0, 0.05) is 27.6 Å². The summed E-state index contributed by atoms with van der Waals surface area (Å²) in [6, 6.07) is 15.5. The van der Waals surface area contributed by atoms with Gasteiger partial charge in [-0.05, 0) is 24.3 Å². The fraction of sp³-hybridized carbons (Fsp3) is 0.105. The van der Waals surface area contributed by atoms with Crippen molar-refractivity contribution in [2.24, 2.45) is 0 Å². The lowest BCUT2D eigenvalue weighted by Gasteiger charge is -2.00. The Balaban J connectivity index is 1.30. The highest BCUT2D eigenvalue weighted by Crippen LogP contribution is 2.27. The molecule has 27 heavy (non-hydrogen) atoms. The van der Waals surface area contributed by atoms with Gasteiger partial charge in [0.05, 0.1) is 5.69 Å². The summed E-state index contributed by atoms with van der Waals surface area (Å²) in [5.41, 5.74) is 3.45. The third-order valence-corrected chi connectivity index (χ3v) is 5.84. The molecule has 0 bridgehead atoms. The first-order valence-corrected chi connectivity index (χ1v) is 10.8. The maximum absolute atomic E-state index is 12.2. The molecule has 0 aliphatic rings. The number of aromatic nitrogens is 2. The molecule has 0 radical (unpaired) electrons. The molecule has 5 nitrogen and oxygen atoms in total. The van der Waals surface area contributed by atoms with Gasteiger partial charge in [-0.2, -0.15) is 0 Å². The number of nitrogens with zero attached hydrogens (tertiary/aromatic N) is 2. The van der Waals surface area contributed by atoms with Crippen molar-refractivity contribution in [1.82, 2.24) is 9.97 Å². The van der Waals surface area contributed by atoms with Gasteiger partial charge in [-0.3, -0.25) is 4.79 Å². The molecule has 2 heterocycles. The number of oxazole rings is 1. The molecule has 0 saturated heterocycles. The highest BCUT2D eigenvalue weighted by molar-refractivity contribution is 9.10. The fourth-order valence-corrected chi connectivity index (χ4v) is 4.18. The fourth-order valence-electron chi connectivity index (χ4n) is 2.41. The smallest absolute Gasteiger partial charge is 0.256 e. The van der Waals surface area contributed by atoms with Crippen LogP contribution in [0.25, 0.3) is 22.4 Å². The number of hydrogen-bond acceptors (Lipinski definition) is 6. The van der Waals surface area contributed by atoms with Crippen LogP contribution < -0.4 is 5.32 Å². The van der Waals surface area contributed by atoms with Crippen LogP contribution in [0.2, 0.25) is 0 Å². The van der Waals surface area contributed by atoms with Gasteiger partial charge in [-0.1, -0.05) is 52.0 Å². The van der Waals surface area contributed by atoms with Crippen molar-refractivity contribution in [1.29, 1.82) is 0 Å². The van der Waals surface area contributed by atoms with Crippen molar-refractivity contribution in [3.8, 4) is 11.3 Å². The first-order valence-electron chi connectivity index (χ1n) is 8.17. The average molecular weight is 460 g/mol. The molecular weight excluding hydrogens is 446 g/mol. The topological polar surface area (TPSA) is 68.0 Å². The van der Waals surface area contributed by atoms with E-state index in [1.165, 1.54) is 23.1 Å². The number of hydrogen-bond donors (Lipinski definition) is 1. The molecule has 4 rings (SSSR count). The van der Waals surface area contributed by atoms with Crippen LogP contribution in [-0.2, 0) is 4.79 Å². The summed E-state index contributed by atoms with van der Waals surface area (Å²) >= 11 is 6.26. The SMILES string of the molecule is O=C(CCSc1nc2ccccc2o1)Nc1nc(-c2ccc(Br)cc2)cs1. The minimum absolute atomic E-state index is 0.0738. The standard InChI is InChI=1S/C19H14BrN3O2S2/c20-13-7-5-12(6-8-13)15-11-27-18(21-15)23-17(24)9-10-26-19-22-14-3-1-2-4-16(14)25-19/h1-8,11H,9-10H2,(H,21,23,24). The molecule has 1 N–H and O–H groups in total. The van der Waals surface area contributed by atoms with Crippen LogP contribution in [0.4, 0.5) is 5.13 Å². The maximum atomic E-state index is 12.2. The summed E-state index contributed by atoms with van der Waals surface area (Å²) in [6.07, 6.45) is 0.358. The number of benzene rings is 2. The number of rotatable bonds is 6. The van der Waals surface area contributed by atoms with Crippen LogP contribution in [0.15, 0.2) is 68.0 Å². The maximum Gasteiger partial charge on any atom is 0.256 e.